The number of cyclic esters (lactones) is 1. The van der Waals surface area contributed by atoms with E-state index in [-0.39, 0.29) is 11.6 Å². The Morgan fingerprint density at radius 1 is 0.929 bits per heavy atom. The normalized spacial score (nSPS) is 14.5. The van der Waals surface area contributed by atoms with Gasteiger partial charge in [-0.15, -0.1) is 0 Å². The summed E-state index contributed by atoms with van der Waals surface area (Å²) in [5.41, 5.74) is 1.48. The van der Waals surface area contributed by atoms with Gasteiger partial charge in [0, 0.05) is 5.56 Å². The van der Waals surface area contributed by atoms with Crippen molar-refractivity contribution in [3.05, 3.63) is 51.6 Å². The summed E-state index contributed by atoms with van der Waals surface area (Å²) in [5, 5.41) is 0. The van der Waals surface area contributed by atoms with Gasteiger partial charge in [-0.2, -0.15) is 0 Å². The van der Waals surface area contributed by atoms with Gasteiger partial charge in [-0.1, -0.05) is 6.07 Å². The van der Waals surface area contributed by atoms with Crippen molar-refractivity contribution in [3.8, 4) is 23.0 Å². The molecule has 0 N–H and O–H groups in total. The maximum atomic E-state index is 12.3. The van der Waals surface area contributed by atoms with Crippen molar-refractivity contribution in [1.29, 1.82) is 0 Å². The maximum absolute atomic E-state index is 12.3. The number of esters is 1. The molecule has 1 aliphatic rings. The molecule has 8 heteroatoms. The molecule has 0 fully saturated rings. The average Bonchev–Trinajstić information content (AvgIpc) is 3.07. The molecule has 146 valence electrons. The summed E-state index contributed by atoms with van der Waals surface area (Å²) in [6.07, 6.45) is 1.64. The molecule has 3 rings (SSSR count). The molecule has 0 atom stereocenters. The molecule has 0 amide bonds. The highest BCUT2D eigenvalue weighted by Crippen LogP contribution is 2.39. The van der Waals surface area contributed by atoms with Crippen LogP contribution in [-0.4, -0.2) is 40.3 Å². The number of rotatable bonds is 6. The van der Waals surface area contributed by atoms with E-state index < -0.39 is 5.97 Å². The molecule has 0 radical (unpaired) electrons. The van der Waals surface area contributed by atoms with Crippen molar-refractivity contribution in [3.63, 3.8) is 0 Å². The Kier molecular flexibility index (Phi) is 5.89. The Balaban J connectivity index is 1.99. The van der Waals surface area contributed by atoms with Gasteiger partial charge in [0.25, 0.3) is 0 Å². The fourth-order valence-electron chi connectivity index (χ4n) is 2.67. The van der Waals surface area contributed by atoms with Crippen molar-refractivity contribution >= 4 is 33.9 Å². The first kappa shape index (κ1) is 19.8. The molecule has 0 saturated carbocycles. The van der Waals surface area contributed by atoms with E-state index in [0.717, 1.165) is 10.0 Å². The third-order valence-electron chi connectivity index (χ3n) is 4.01. The standard InChI is InChI=1S/C20H18BrNO6/c1-24-15-6-5-11(7-13(15)21)8-14-20(23)28-19(22-14)12-9-16(25-2)18(27-4)17(10-12)26-3/h5-10H,1-4H3/b14-8+. The highest BCUT2D eigenvalue weighted by Gasteiger charge is 2.26. The van der Waals surface area contributed by atoms with Gasteiger partial charge in [-0.3, -0.25) is 0 Å². The van der Waals surface area contributed by atoms with Crippen molar-refractivity contribution in [1.82, 2.24) is 0 Å². The molecule has 0 aromatic heterocycles. The van der Waals surface area contributed by atoms with Gasteiger partial charge in [0.2, 0.25) is 11.6 Å². The molecule has 0 aliphatic carbocycles. The zero-order chi connectivity index (χ0) is 20.3. The molecule has 0 spiro atoms. The van der Waals surface area contributed by atoms with E-state index in [1.54, 1.807) is 31.4 Å². The fraction of sp³-hybridized carbons (Fsp3) is 0.200. The number of carbonyl (C=O) groups is 1. The zero-order valence-corrected chi connectivity index (χ0v) is 17.3. The lowest BCUT2D eigenvalue weighted by Gasteiger charge is -2.13. The van der Waals surface area contributed by atoms with Crippen LogP contribution in [0.5, 0.6) is 23.0 Å². The summed E-state index contributed by atoms with van der Waals surface area (Å²) in [7, 11) is 6.12. The Labute approximate surface area is 170 Å². The molecule has 7 nitrogen and oxygen atoms in total. The number of hydrogen-bond acceptors (Lipinski definition) is 7. The minimum atomic E-state index is -0.546. The van der Waals surface area contributed by atoms with Gasteiger partial charge in [-0.25, -0.2) is 9.79 Å². The highest BCUT2D eigenvalue weighted by molar-refractivity contribution is 9.10. The third-order valence-corrected chi connectivity index (χ3v) is 4.63. The average molecular weight is 448 g/mol. The summed E-state index contributed by atoms with van der Waals surface area (Å²) < 4.78 is 27.3. The van der Waals surface area contributed by atoms with Crippen LogP contribution >= 0.6 is 15.9 Å². The number of carbonyl (C=O) groups excluding carboxylic acids is 1. The van der Waals surface area contributed by atoms with Gasteiger partial charge in [0.05, 0.1) is 32.9 Å². The molecule has 0 unspecified atom stereocenters. The highest BCUT2D eigenvalue weighted by atomic mass is 79.9. The second-order valence-corrected chi connectivity index (χ2v) is 6.50. The number of ether oxygens (including phenoxy) is 5. The van der Waals surface area contributed by atoms with Crippen LogP contribution in [-0.2, 0) is 9.53 Å². The zero-order valence-electron chi connectivity index (χ0n) is 15.7. The Hall–Kier alpha value is -3.00. The predicted octanol–water partition coefficient (Wildman–Crippen LogP) is 3.83. The minimum absolute atomic E-state index is 0.156. The molecule has 28 heavy (non-hydrogen) atoms. The first-order valence-corrected chi connectivity index (χ1v) is 8.96. The van der Waals surface area contributed by atoms with Gasteiger partial charge in [0.1, 0.15) is 5.75 Å². The summed E-state index contributed by atoms with van der Waals surface area (Å²) >= 11 is 3.42. The van der Waals surface area contributed by atoms with Crippen LogP contribution in [0.3, 0.4) is 0 Å². The van der Waals surface area contributed by atoms with E-state index in [1.807, 2.05) is 12.1 Å². The molecular formula is C20H18BrNO6. The number of benzene rings is 2. The lowest BCUT2D eigenvalue weighted by atomic mass is 10.1. The van der Waals surface area contributed by atoms with Crippen LogP contribution in [0.15, 0.2) is 45.5 Å². The van der Waals surface area contributed by atoms with E-state index in [1.165, 1.54) is 21.3 Å². The molecular weight excluding hydrogens is 430 g/mol. The number of methoxy groups -OCH3 is 4. The van der Waals surface area contributed by atoms with E-state index in [9.17, 15) is 4.79 Å². The molecule has 2 aromatic rings. The van der Waals surface area contributed by atoms with E-state index >= 15 is 0 Å². The molecule has 0 saturated heterocycles. The van der Waals surface area contributed by atoms with Gasteiger partial charge in [0.15, 0.2) is 17.2 Å². The third kappa shape index (κ3) is 3.82. The number of aliphatic imine (C=N–C) groups is 1. The van der Waals surface area contributed by atoms with Crippen LogP contribution in [0.2, 0.25) is 0 Å². The molecule has 1 aliphatic heterocycles. The summed E-state index contributed by atoms with van der Waals surface area (Å²) in [5.74, 6) is 1.62. The smallest absolute Gasteiger partial charge is 0.363 e. The van der Waals surface area contributed by atoms with E-state index in [2.05, 4.69) is 20.9 Å². The van der Waals surface area contributed by atoms with Crippen LogP contribution in [0, 0.1) is 0 Å². The van der Waals surface area contributed by atoms with Crippen LogP contribution in [0.25, 0.3) is 6.08 Å². The Morgan fingerprint density at radius 2 is 1.57 bits per heavy atom. The van der Waals surface area contributed by atoms with Crippen molar-refractivity contribution in [2.24, 2.45) is 4.99 Å². The van der Waals surface area contributed by atoms with E-state index in [0.29, 0.717) is 28.6 Å². The topological polar surface area (TPSA) is 75.6 Å². The van der Waals surface area contributed by atoms with Crippen LogP contribution in [0.4, 0.5) is 0 Å². The Bertz CT molecular complexity index is 958. The molecule has 2 aromatic carbocycles. The lowest BCUT2D eigenvalue weighted by molar-refractivity contribution is -0.129. The summed E-state index contributed by atoms with van der Waals surface area (Å²) in [4.78, 5) is 16.6. The molecule has 0 bridgehead atoms. The largest absolute Gasteiger partial charge is 0.496 e. The van der Waals surface area contributed by atoms with Crippen molar-refractivity contribution < 1.29 is 28.5 Å². The first-order chi connectivity index (χ1) is 13.5. The van der Waals surface area contributed by atoms with E-state index in [4.69, 9.17) is 23.7 Å². The first-order valence-electron chi connectivity index (χ1n) is 8.17. The van der Waals surface area contributed by atoms with Crippen molar-refractivity contribution in [2.75, 3.05) is 28.4 Å². The van der Waals surface area contributed by atoms with Gasteiger partial charge < -0.3 is 23.7 Å². The minimum Gasteiger partial charge on any atom is -0.496 e. The van der Waals surface area contributed by atoms with Gasteiger partial charge >= 0.3 is 5.97 Å². The second-order valence-electron chi connectivity index (χ2n) is 5.64. The lowest BCUT2D eigenvalue weighted by Crippen LogP contribution is -2.06. The van der Waals surface area contributed by atoms with Crippen LogP contribution in [0.1, 0.15) is 11.1 Å². The second kappa shape index (κ2) is 8.35. The Morgan fingerprint density at radius 3 is 2.11 bits per heavy atom. The number of hydrogen-bond donors (Lipinski definition) is 0. The fourth-order valence-corrected chi connectivity index (χ4v) is 3.23. The summed E-state index contributed by atoms with van der Waals surface area (Å²) in [6, 6.07) is 8.77. The quantitative estimate of drug-likeness (QED) is 0.494. The predicted molar refractivity (Wildman–Crippen MR) is 107 cm³/mol. The molecule has 1 heterocycles. The van der Waals surface area contributed by atoms with Gasteiger partial charge in [-0.05, 0) is 51.8 Å². The monoisotopic (exact) mass is 447 g/mol. The summed E-state index contributed by atoms with van der Waals surface area (Å²) in [6.45, 7) is 0. The van der Waals surface area contributed by atoms with Crippen LogP contribution < -0.4 is 18.9 Å². The number of halogens is 1. The number of nitrogens with zero attached hydrogens (tertiary/aromatic N) is 1. The SMILES string of the molecule is COc1ccc(/C=C2/N=C(c3cc(OC)c(OC)c(OC)c3)OC2=O)cc1Br. The maximum Gasteiger partial charge on any atom is 0.363 e. The van der Waals surface area contributed by atoms with Crippen molar-refractivity contribution in [2.45, 2.75) is 0 Å².